The normalized spacial score (nSPS) is 13.9. The van der Waals surface area contributed by atoms with Gasteiger partial charge in [-0.2, -0.15) is 0 Å². The minimum atomic E-state index is -1.01. The van der Waals surface area contributed by atoms with E-state index in [-0.39, 0.29) is 17.7 Å². The zero-order valence-electron chi connectivity index (χ0n) is 23.9. The smallest absolute Gasteiger partial charge is 0.408 e. The van der Waals surface area contributed by atoms with Crippen LogP contribution in [0.2, 0.25) is 0 Å². The summed E-state index contributed by atoms with van der Waals surface area (Å²) in [5, 5.41) is 5.77. The van der Waals surface area contributed by atoms with E-state index in [0.29, 0.717) is 17.5 Å². The quantitative estimate of drug-likeness (QED) is 0.506. The van der Waals surface area contributed by atoms with Crippen molar-refractivity contribution in [3.8, 4) is 12.3 Å². The first kappa shape index (κ1) is 31.0. The van der Waals surface area contributed by atoms with Crippen molar-refractivity contribution in [1.82, 2.24) is 15.5 Å². The van der Waals surface area contributed by atoms with Crippen LogP contribution in [0.15, 0.2) is 24.3 Å². The zero-order chi connectivity index (χ0) is 28.1. The summed E-state index contributed by atoms with van der Waals surface area (Å²) in [4.78, 5) is 42.2. The first-order valence-corrected chi connectivity index (χ1v) is 12.5. The van der Waals surface area contributed by atoms with Crippen LogP contribution in [0.1, 0.15) is 99.8 Å². The molecule has 0 saturated heterocycles. The van der Waals surface area contributed by atoms with Gasteiger partial charge in [0.05, 0.1) is 0 Å². The molecule has 0 spiro atoms. The van der Waals surface area contributed by atoms with E-state index >= 15 is 0 Å². The highest BCUT2D eigenvalue weighted by molar-refractivity contribution is 5.93. The molecule has 1 aromatic rings. The number of hydrogen-bond acceptors (Lipinski definition) is 4. The summed E-state index contributed by atoms with van der Waals surface area (Å²) in [6, 6.07) is 5.20. The molecule has 1 rings (SSSR count). The molecular weight excluding hydrogens is 454 g/mol. The Kier molecular flexibility index (Phi) is 10.2. The Morgan fingerprint density at radius 3 is 2.00 bits per heavy atom. The molecule has 0 heterocycles. The van der Waals surface area contributed by atoms with Crippen LogP contribution in [-0.2, 0) is 14.3 Å². The van der Waals surface area contributed by atoms with E-state index in [9.17, 15) is 14.4 Å². The van der Waals surface area contributed by atoms with Crippen molar-refractivity contribution in [2.45, 2.75) is 111 Å². The van der Waals surface area contributed by atoms with E-state index in [0.717, 1.165) is 0 Å². The number of terminal acetylenes is 1. The molecule has 3 amide bonds. The SMILES string of the molecule is C#Cc1ccccc1C(C(=O)NC(C)(C)C)N(C(=O)C(CC(C)C)NC(=O)OC(C)(C)C)C(C)(C)C. The summed E-state index contributed by atoms with van der Waals surface area (Å²) in [6.07, 6.45) is 5.48. The van der Waals surface area contributed by atoms with Crippen molar-refractivity contribution < 1.29 is 19.1 Å². The molecule has 0 aromatic heterocycles. The maximum absolute atomic E-state index is 14.2. The lowest BCUT2D eigenvalue weighted by atomic mass is 9.91. The molecule has 2 N–H and O–H groups in total. The van der Waals surface area contributed by atoms with Gasteiger partial charge < -0.3 is 20.3 Å². The predicted octanol–water partition coefficient (Wildman–Crippen LogP) is 5.19. The average molecular weight is 500 g/mol. The van der Waals surface area contributed by atoms with Crippen LogP contribution in [0.3, 0.4) is 0 Å². The summed E-state index contributed by atoms with van der Waals surface area (Å²) >= 11 is 0. The molecule has 0 bridgehead atoms. The summed E-state index contributed by atoms with van der Waals surface area (Å²) in [5.74, 6) is 2.00. The molecule has 7 nitrogen and oxygen atoms in total. The Morgan fingerprint density at radius 2 is 1.56 bits per heavy atom. The van der Waals surface area contributed by atoms with Gasteiger partial charge in [0.25, 0.3) is 0 Å². The maximum Gasteiger partial charge on any atom is 0.408 e. The van der Waals surface area contributed by atoms with Crippen LogP contribution in [0.4, 0.5) is 4.79 Å². The van der Waals surface area contributed by atoms with Gasteiger partial charge in [0.1, 0.15) is 17.7 Å². The van der Waals surface area contributed by atoms with Crippen molar-refractivity contribution in [2.24, 2.45) is 5.92 Å². The fraction of sp³-hybridized carbons (Fsp3) is 0.621. The highest BCUT2D eigenvalue weighted by Crippen LogP contribution is 2.33. The number of hydrogen-bond donors (Lipinski definition) is 2. The Balaban J connectivity index is 3.70. The van der Waals surface area contributed by atoms with Crippen LogP contribution in [0, 0.1) is 18.3 Å². The van der Waals surface area contributed by atoms with Gasteiger partial charge in [-0.05, 0) is 86.3 Å². The van der Waals surface area contributed by atoms with E-state index in [4.69, 9.17) is 11.2 Å². The number of alkyl carbamates (subject to hydrolysis) is 1. The van der Waals surface area contributed by atoms with Gasteiger partial charge in [-0.1, -0.05) is 38.0 Å². The van der Waals surface area contributed by atoms with Gasteiger partial charge in [0, 0.05) is 16.6 Å². The Bertz CT molecular complexity index is 972. The minimum Gasteiger partial charge on any atom is -0.444 e. The molecule has 0 aliphatic heterocycles. The van der Waals surface area contributed by atoms with Crippen molar-refractivity contribution >= 4 is 17.9 Å². The van der Waals surface area contributed by atoms with Gasteiger partial charge in [-0.15, -0.1) is 6.42 Å². The van der Waals surface area contributed by atoms with Crippen LogP contribution in [0.5, 0.6) is 0 Å². The lowest BCUT2D eigenvalue weighted by Gasteiger charge is -2.44. The van der Waals surface area contributed by atoms with Crippen molar-refractivity contribution in [1.29, 1.82) is 0 Å². The standard InChI is InChI=1S/C29H45N3O4/c1-13-20-16-14-15-17-21(20)23(24(33)31-27(4,5)6)32(28(7,8)9)25(34)22(18-19(2)3)30-26(35)36-29(10,11)12/h1,14-17,19,22-23H,18H2,2-12H3,(H,30,35)(H,31,33). The minimum absolute atomic E-state index is 0.0931. The van der Waals surface area contributed by atoms with E-state index < -0.39 is 34.9 Å². The van der Waals surface area contributed by atoms with E-state index in [1.165, 1.54) is 4.90 Å². The van der Waals surface area contributed by atoms with Crippen molar-refractivity contribution in [3.05, 3.63) is 35.4 Å². The van der Waals surface area contributed by atoms with Gasteiger partial charge in [0.2, 0.25) is 11.8 Å². The number of nitrogens with one attached hydrogen (secondary N) is 2. The lowest BCUT2D eigenvalue weighted by Crippen LogP contribution is -2.60. The van der Waals surface area contributed by atoms with Gasteiger partial charge in [-0.3, -0.25) is 9.59 Å². The van der Waals surface area contributed by atoms with Crippen LogP contribution in [-0.4, -0.2) is 45.5 Å². The monoisotopic (exact) mass is 499 g/mol. The summed E-state index contributed by atoms with van der Waals surface area (Å²) < 4.78 is 5.43. The van der Waals surface area contributed by atoms with Gasteiger partial charge in [0.15, 0.2) is 0 Å². The number of benzene rings is 1. The Hall–Kier alpha value is -3.01. The van der Waals surface area contributed by atoms with Crippen LogP contribution < -0.4 is 10.6 Å². The molecule has 200 valence electrons. The van der Waals surface area contributed by atoms with E-state index in [1.54, 1.807) is 45.0 Å². The van der Waals surface area contributed by atoms with Crippen LogP contribution in [0.25, 0.3) is 0 Å². The second-order valence-electron chi connectivity index (χ2n) is 12.6. The molecule has 36 heavy (non-hydrogen) atoms. The Labute approximate surface area is 217 Å². The number of ether oxygens (including phenoxy) is 1. The summed E-state index contributed by atoms with van der Waals surface area (Å²) in [7, 11) is 0. The number of carbonyl (C=O) groups excluding carboxylic acids is 3. The lowest BCUT2D eigenvalue weighted by molar-refractivity contribution is -0.149. The maximum atomic E-state index is 14.2. The number of nitrogens with zero attached hydrogens (tertiary/aromatic N) is 1. The highest BCUT2D eigenvalue weighted by atomic mass is 16.6. The third-order valence-corrected chi connectivity index (χ3v) is 5.07. The predicted molar refractivity (Wildman–Crippen MR) is 144 cm³/mol. The zero-order valence-corrected chi connectivity index (χ0v) is 23.9. The molecule has 0 aliphatic carbocycles. The Morgan fingerprint density at radius 1 is 1.00 bits per heavy atom. The van der Waals surface area contributed by atoms with Gasteiger partial charge >= 0.3 is 6.09 Å². The summed E-state index contributed by atoms with van der Waals surface area (Å²) in [5.41, 5.74) is -0.984. The number of rotatable bonds is 7. The molecule has 2 atom stereocenters. The highest BCUT2D eigenvalue weighted by Gasteiger charge is 2.43. The van der Waals surface area contributed by atoms with Gasteiger partial charge in [-0.25, -0.2) is 4.79 Å². The molecule has 0 fully saturated rings. The average Bonchev–Trinajstić information content (AvgIpc) is 2.66. The first-order chi connectivity index (χ1) is 16.3. The first-order valence-electron chi connectivity index (χ1n) is 12.5. The van der Waals surface area contributed by atoms with Crippen molar-refractivity contribution in [3.63, 3.8) is 0 Å². The molecule has 0 radical (unpaired) electrons. The molecular formula is C29H45N3O4. The molecule has 2 unspecified atom stereocenters. The molecule has 7 heteroatoms. The largest absolute Gasteiger partial charge is 0.444 e. The third kappa shape index (κ3) is 9.56. The molecule has 0 saturated carbocycles. The second-order valence-corrected chi connectivity index (χ2v) is 12.6. The fourth-order valence-corrected chi connectivity index (χ4v) is 3.86. The fourth-order valence-electron chi connectivity index (χ4n) is 3.86. The number of carbonyl (C=O) groups is 3. The number of amides is 3. The van der Waals surface area contributed by atoms with E-state index in [2.05, 4.69) is 16.6 Å². The topological polar surface area (TPSA) is 87.7 Å². The second kappa shape index (κ2) is 11.8. The van der Waals surface area contributed by atoms with E-state index in [1.807, 2.05) is 55.4 Å². The third-order valence-electron chi connectivity index (χ3n) is 5.07. The molecule has 0 aliphatic rings. The van der Waals surface area contributed by atoms with Crippen LogP contribution >= 0.6 is 0 Å². The van der Waals surface area contributed by atoms with Crippen molar-refractivity contribution in [2.75, 3.05) is 0 Å². The summed E-state index contributed by atoms with van der Waals surface area (Å²) in [6.45, 7) is 20.4. The molecule has 1 aromatic carbocycles.